The van der Waals surface area contributed by atoms with Gasteiger partial charge in [0.05, 0.1) is 12.8 Å². The molecule has 144 valence electrons. The standard InChI is InChI=1S/C20H25N3O4/c1-27-20(25)10-6-5-9-19(24)22-17-11-13-18(14-12-17)23(26)21-15-16-7-3-2-4-8-16/h2-4,7-8,11-14,21,26H,5-6,9-10,15H2,1H3,(H,22,24). The molecule has 0 bridgehead atoms. The van der Waals surface area contributed by atoms with Crippen LogP contribution in [-0.2, 0) is 20.9 Å². The maximum Gasteiger partial charge on any atom is 0.305 e. The van der Waals surface area contributed by atoms with Gasteiger partial charge in [-0.2, -0.15) is 5.17 Å². The van der Waals surface area contributed by atoms with Gasteiger partial charge in [-0.3, -0.25) is 14.8 Å². The smallest absolute Gasteiger partial charge is 0.305 e. The summed E-state index contributed by atoms with van der Waals surface area (Å²) in [6.07, 6.45) is 1.89. The lowest BCUT2D eigenvalue weighted by molar-refractivity contribution is -0.140. The van der Waals surface area contributed by atoms with Crippen LogP contribution in [0.25, 0.3) is 0 Å². The highest BCUT2D eigenvalue weighted by atomic mass is 16.5. The number of hydrogen-bond acceptors (Lipinski definition) is 6. The minimum atomic E-state index is -0.263. The van der Waals surface area contributed by atoms with E-state index in [2.05, 4.69) is 15.5 Å². The number of rotatable bonds is 10. The van der Waals surface area contributed by atoms with Crippen molar-refractivity contribution in [2.24, 2.45) is 0 Å². The van der Waals surface area contributed by atoms with E-state index >= 15 is 0 Å². The van der Waals surface area contributed by atoms with Crippen molar-refractivity contribution in [3.05, 3.63) is 60.2 Å². The lowest BCUT2D eigenvalue weighted by atomic mass is 10.2. The molecule has 0 fully saturated rings. The molecule has 2 rings (SSSR count). The first-order chi connectivity index (χ1) is 13.1. The Morgan fingerprint density at radius 1 is 1.00 bits per heavy atom. The Morgan fingerprint density at radius 2 is 1.67 bits per heavy atom. The Labute approximate surface area is 158 Å². The second-order valence-electron chi connectivity index (χ2n) is 6.01. The van der Waals surface area contributed by atoms with Crippen LogP contribution in [0.5, 0.6) is 0 Å². The summed E-state index contributed by atoms with van der Waals surface area (Å²) >= 11 is 0. The zero-order valence-corrected chi connectivity index (χ0v) is 15.4. The molecule has 27 heavy (non-hydrogen) atoms. The summed E-state index contributed by atoms with van der Waals surface area (Å²) in [5.74, 6) is -0.379. The van der Waals surface area contributed by atoms with E-state index in [0.29, 0.717) is 43.6 Å². The monoisotopic (exact) mass is 371 g/mol. The number of carbonyl (C=O) groups is 2. The van der Waals surface area contributed by atoms with E-state index in [1.807, 2.05) is 30.3 Å². The normalized spacial score (nSPS) is 10.3. The number of hydrazine groups is 1. The first kappa shape index (κ1) is 20.4. The summed E-state index contributed by atoms with van der Waals surface area (Å²) in [5.41, 5.74) is 5.14. The Hall–Kier alpha value is -2.90. The van der Waals surface area contributed by atoms with Gasteiger partial charge in [0, 0.05) is 25.1 Å². The molecule has 3 N–H and O–H groups in total. The Kier molecular flexibility index (Phi) is 8.28. The van der Waals surface area contributed by atoms with Gasteiger partial charge < -0.3 is 10.1 Å². The zero-order chi connectivity index (χ0) is 19.5. The van der Waals surface area contributed by atoms with E-state index in [0.717, 1.165) is 10.7 Å². The van der Waals surface area contributed by atoms with Crippen LogP contribution in [0.2, 0.25) is 0 Å². The molecule has 0 saturated carbocycles. The number of anilines is 2. The molecule has 0 aliphatic heterocycles. The number of ether oxygens (including phenoxy) is 1. The van der Waals surface area contributed by atoms with Crippen LogP contribution in [0.1, 0.15) is 31.2 Å². The SMILES string of the molecule is COC(=O)CCCCC(=O)Nc1ccc(N(O)NCc2ccccc2)cc1. The van der Waals surface area contributed by atoms with Crippen LogP contribution < -0.4 is 15.9 Å². The molecule has 0 aliphatic rings. The van der Waals surface area contributed by atoms with Crippen LogP contribution in [0, 0.1) is 0 Å². The fourth-order valence-corrected chi connectivity index (χ4v) is 2.42. The van der Waals surface area contributed by atoms with Crippen LogP contribution in [0.3, 0.4) is 0 Å². The average molecular weight is 371 g/mol. The molecular weight excluding hydrogens is 346 g/mol. The number of esters is 1. The number of nitrogens with one attached hydrogen (secondary N) is 2. The van der Waals surface area contributed by atoms with E-state index in [1.54, 1.807) is 24.3 Å². The van der Waals surface area contributed by atoms with Crippen molar-refractivity contribution in [3.8, 4) is 0 Å². The minimum absolute atomic E-state index is 0.115. The first-order valence-electron chi connectivity index (χ1n) is 8.81. The van der Waals surface area contributed by atoms with Gasteiger partial charge in [-0.05, 0) is 42.7 Å². The highest BCUT2D eigenvalue weighted by molar-refractivity contribution is 5.90. The Bertz CT molecular complexity index is 720. The molecule has 0 heterocycles. The highest BCUT2D eigenvalue weighted by Crippen LogP contribution is 2.16. The van der Waals surface area contributed by atoms with Crippen molar-refractivity contribution < 1.29 is 19.5 Å². The van der Waals surface area contributed by atoms with Crippen molar-refractivity contribution in [1.82, 2.24) is 5.43 Å². The predicted octanol–water partition coefficient (Wildman–Crippen LogP) is 3.26. The van der Waals surface area contributed by atoms with Gasteiger partial charge in [-0.15, -0.1) is 0 Å². The average Bonchev–Trinajstić information content (AvgIpc) is 2.70. The first-order valence-corrected chi connectivity index (χ1v) is 8.81. The summed E-state index contributed by atoms with van der Waals surface area (Å²) in [7, 11) is 1.35. The van der Waals surface area contributed by atoms with Crippen LogP contribution in [0.4, 0.5) is 11.4 Å². The maximum absolute atomic E-state index is 11.9. The van der Waals surface area contributed by atoms with Crippen molar-refractivity contribution >= 4 is 23.3 Å². The molecule has 0 aromatic heterocycles. The molecular formula is C20H25N3O4. The van der Waals surface area contributed by atoms with Gasteiger partial charge >= 0.3 is 5.97 Å². The molecule has 0 aliphatic carbocycles. The van der Waals surface area contributed by atoms with Crippen LogP contribution in [0.15, 0.2) is 54.6 Å². The van der Waals surface area contributed by atoms with Gasteiger partial charge in [0.1, 0.15) is 0 Å². The Balaban J connectivity index is 1.73. The molecule has 1 amide bonds. The number of nitrogens with zero attached hydrogens (tertiary/aromatic N) is 1. The van der Waals surface area contributed by atoms with Crippen molar-refractivity contribution in [2.75, 3.05) is 17.6 Å². The van der Waals surface area contributed by atoms with Gasteiger partial charge in [0.25, 0.3) is 0 Å². The molecule has 0 saturated heterocycles. The number of unbranched alkanes of at least 4 members (excludes halogenated alkanes) is 1. The topological polar surface area (TPSA) is 90.9 Å². The lowest BCUT2D eigenvalue weighted by Crippen LogP contribution is -2.34. The number of benzene rings is 2. The number of carbonyl (C=O) groups excluding carboxylic acids is 2. The van der Waals surface area contributed by atoms with Crippen molar-refractivity contribution in [3.63, 3.8) is 0 Å². The molecule has 0 atom stereocenters. The van der Waals surface area contributed by atoms with E-state index in [1.165, 1.54) is 7.11 Å². The molecule has 7 heteroatoms. The quantitative estimate of drug-likeness (QED) is 0.337. The fourth-order valence-electron chi connectivity index (χ4n) is 2.42. The Morgan fingerprint density at radius 3 is 2.33 bits per heavy atom. The largest absolute Gasteiger partial charge is 0.469 e. The molecule has 7 nitrogen and oxygen atoms in total. The third kappa shape index (κ3) is 7.47. The van der Waals surface area contributed by atoms with E-state index < -0.39 is 0 Å². The van der Waals surface area contributed by atoms with Crippen LogP contribution >= 0.6 is 0 Å². The van der Waals surface area contributed by atoms with Gasteiger partial charge in [0.15, 0.2) is 0 Å². The summed E-state index contributed by atoms with van der Waals surface area (Å²) in [6.45, 7) is 0.488. The predicted molar refractivity (Wildman–Crippen MR) is 103 cm³/mol. The summed E-state index contributed by atoms with van der Waals surface area (Å²) in [4.78, 5) is 22.9. The van der Waals surface area contributed by atoms with E-state index in [-0.39, 0.29) is 11.9 Å². The van der Waals surface area contributed by atoms with E-state index in [9.17, 15) is 14.8 Å². The second kappa shape index (κ2) is 10.9. The summed E-state index contributed by atoms with van der Waals surface area (Å²) < 4.78 is 4.56. The number of hydrogen-bond donors (Lipinski definition) is 3. The maximum atomic E-state index is 11.9. The zero-order valence-electron chi connectivity index (χ0n) is 15.4. The molecule has 0 spiro atoms. The van der Waals surface area contributed by atoms with Gasteiger partial charge in [0.2, 0.25) is 5.91 Å². The van der Waals surface area contributed by atoms with Crippen LogP contribution in [-0.4, -0.2) is 24.2 Å². The van der Waals surface area contributed by atoms with Crippen molar-refractivity contribution in [2.45, 2.75) is 32.2 Å². The molecule has 2 aromatic rings. The molecule has 0 unspecified atom stereocenters. The highest BCUT2D eigenvalue weighted by Gasteiger charge is 2.06. The fraction of sp³-hybridized carbons (Fsp3) is 0.300. The molecule has 0 radical (unpaired) electrons. The summed E-state index contributed by atoms with van der Waals surface area (Å²) in [6, 6.07) is 16.6. The second-order valence-corrected chi connectivity index (χ2v) is 6.01. The molecule has 2 aromatic carbocycles. The lowest BCUT2D eigenvalue weighted by Gasteiger charge is -2.18. The van der Waals surface area contributed by atoms with Gasteiger partial charge in [-0.25, -0.2) is 5.43 Å². The summed E-state index contributed by atoms with van der Waals surface area (Å²) in [5, 5.41) is 13.8. The van der Waals surface area contributed by atoms with E-state index in [4.69, 9.17) is 0 Å². The number of methoxy groups -OCH3 is 1. The third-order valence-corrected chi connectivity index (χ3v) is 3.93. The van der Waals surface area contributed by atoms with Crippen molar-refractivity contribution in [1.29, 1.82) is 0 Å². The third-order valence-electron chi connectivity index (χ3n) is 3.93. The minimum Gasteiger partial charge on any atom is -0.469 e. The van der Waals surface area contributed by atoms with Gasteiger partial charge in [-0.1, -0.05) is 30.3 Å². The number of amides is 1.